The number of carboxylic acids is 1. The first-order valence-corrected chi connectivity index (χ1v) is 8.79. The average molecular weight is 428 g/mol. The van der Waals surface area contributed by atoms with E-state index in [0.29, 0.717) is 11.1 Å². The lowest BCUT2D eigenvalue weighted by molar-refractivity contribution is -0.123. The zero-order valence-corrected chi connectivity index (χ0v) is 16.0. The van der Waals surface area contributed by atoms with E-state index in [1.807, 2.05) is 6.07 Å². The van der Waals surface area contributed by atoms with Gasteiger partial charge in [-0.3, -0.25) is 0 Å². The molecule has 0 aliphatic heterocycles. The number of hydrogen-bond donors (Lipinski definition) is 9. The fourth-order valence-electron chi connectivity index (χ4n) is 1.88. The Bertz CT molecular complexity index is 667. The summed E-state index contributed by atoms with van der Waals surface area (Å²) in [5.74, 6) is -0.879. The summed E-state index contributed by atoms with van der Waals surface area (Å²) in [6, 6.07) is 17.0. The van der Waals surface area contributed by atoms with Crippen LogP contribution in [-0.4, -0.2) is 89.6 Å². The average Bonchev–Trinajstić information content (AvgIpc) is 2.78. The van der Waals surface area contributed by atoms with Gasteiger partial charge in [-0.2, -0.15) is 0 Å². The molecule has 0 aliphatic carbocycles. The molecule has 0 heterocycles. The Morgan fingerprint density at radius 1 is 0.667 bits per heavy atom. The van der Waals surface area contributed by atoms with Gasteiger partial charge in [0.1, 0.15) is 24.4 Å². The number of benzene rings is 2. The van der Waals surface area contributed by atoms with Crippen molar-refractivity contribution in [2.24, 2.45) is 0 Å². The Balaban J connectivity index is 0.000000426. The van der Waals surface area contributed by atoms with Crippen LogP contribution in [0.2, 0.25) is 0 Å². The number of carboxylic acid groups (broad SMARTS) is 1. The summed E-state index contributed by atoms with van der Waals surface area (Å²) in [5, 5.41) is 77.7. The van der Waals surface area contributed by atoms with Crippen LogP contribution < -0.4 is 0 Å². The Morgan fingerprint density at radius 2 is 1.03 bits per heavy atom. The highest BCUT2D eigenvalue weighted by atomic mass is 16.5. The van der Waals surface area contributed by atoms with Crippen LogP contribution in [0.3, 0.4) is 0 Å². The molecule has 2 aromatic carbocycles. The highest BCUT2D eigenvalue weighted by Gasteiger charge is 2.29. The van der Waals surface area contributed by atoms with Gasteiger partial charge < -0.3 is 46.0 Å². The van der Waals surface area contributed by atoms with Crippen molar-refractivity contribution >= 4 is 5.97 Å². The molecular formula is C20H28O10. The van der Waals surface area contributed by atoms with Crippen molar-refractivity contribution in [3.63, 3.8) is 0 Å². The lowest BCUT2D eigenvalue weighted by atomic mass is 10.0. The summed E-state index contributed by atoms with van der Waals surface area (Å²) in [5.41, 5.74) is 0.856. The maximum atomic E-state index is 10.2. The van der Waals surface area contributed by atoms with Crippen molar-refractivity contribution in [3.05, 3.63) is 71.8 Å². The molecule has 0 aliphatic rings. The SMILES string of the molecule is O=C(O)c1ccccc1.OC(O)c1ccccc1.OCC(O)C(O)C(O)C(O)CO. The molecule has 0 spiro atoms. The highest BCUT2D eigenvalue weighted by Crippen LogP contribution is 2.06. The van der Waals surface area contributed by atoms with Crippen LogP contribution in [0.4, 0.5) is 0 Å². The fraction of sp³-hybridized carbons (Fsp3) is 0.350. The molecule has 0 saturated carbocycles. The minimum atomic E-state index is -1.67. The lowest BCUT2D eigenvalue weighted by Crippen LogP contribution is -2.46. The van der Waals surface area contributed by atoms with E-state index in [-0.39, 0.29) is 0 Å². The van der Waals surface area contributed by atoms with E-state index < -0.39 is 49.9 Å². The molecule has 0 saturated heterocycles. The van der Waals surface area contributed by atoms with E-state index in [4.69, 9.17) is 46.0 Å². The first kappa shape index (κ1) is 27.6. The molecule has 9 N–H and O–H groups in total. The fourth-order valence-corrected chi connectivity index (χ4v) is 1.88. The zero-order valence-electron chi connectivity index (χ0n) is 16.0. The second-order valence-electron chi connectivity index (χ2n) is 5.94. The Hall–Kier alpha value is -2.41. The number of aromatic carboxylic acids is 1. The largest absolute Gasteiger partial charge is 0.478 e. The third kappa shape index (κ3) is 11.0. The van der Waals surface area contributed by atoms with Crippen LogP contribution in [0.5, 0.6) is 0 Å². The molecule has 10 heteroatoms. The van der Waals surface area contributed by atoms with Gasteiger partial charge in [-0.15, -0.1) is 0 Å². The van der Waals surface area contributed by atoms with Gasteiger partial charge in [0.05, 0.1) is 18.8 Å². The van der Waals surface area contributed by atoms with Gasteiger partial charge >= 0.3 is 5.97 Å². The van der Waals surface area contributed by atoms with Crippen molar-refractivity contribution in [2.75, 3.05) is 13.2 Å². The molecule has 2 aromatic rings. The Morgan fingerprint density at radius 3 is 1.27 bits per heavy atom. The monoisotopic (exact) mass is 428 g/mol. The van der Waals surface area contributed by atoms with Crippen LogP contribution in [0.15, 0.2) is 60.7 Å². The molecule has 30 heavy (non-hydrogen) atoms. The van der Waals surface area contributed by atoms with Crippen LogP contribution in [-0.2, 0) is 0 Å². The summed E-state index contributed by atoms with van der Waals surface area (Å²) in [4.78, 5) is 10.2. The maximum absolute atomic E-state index is 10.2. The van der Waals surface area contributed by atoms with Crippen molar-refractivity contribution < 1.29 is 50.8 Å². The molecule has 0 amide bonds. The first-order valence-electron chi connectivity index (χ1n) is 8.79. The van der Waals surface area contributed by atoms with Crippen LogP contribution in [0, 0.1) is 0 Å². The highest BCUT2D eigenvalue weighted by molar-refractivity contribution is 5.87. The second kappa shape index (κ2) is 15.4. The summed E-state index contributed by atoms with van der Waals surface area (Å²) in [6.45, 7) is -1.45. The molecule has 0 aromatic heterocycles. The Labute approximate surface area is 173 Å². The van der Waals surface area contributed by atoms with Crippen molar-refractivity contribution in [3.8, 4) is 0 Å². The third-order valence-electron chi connectivity index (χ3n) is 3.63. The molecule has 0 bridgehead atoms. The van der Waals surface area contributed by atoms with Gasteiger partial charge in [-0.25, -0.2) is 4.79 Å². The predicted octanol–water partition coefficient (Wildman–Crippen LogP) is -1.53. The number of aliphatic hydroxyl groups is 8. The molecule has 0 radical (unpaired) electrons. The molecule has 10 nitrogen and oxygen atoms in total. The molecular weight excluding hydrogens is 400 g/mol. The number of hydrogen-bond acceptors (Lipinski definition) is 9. The van der Waals surface area contributed by atoms with E-state index in [0.717, 1.165) is 0 Å². The zero-order chi connectivity index (χ0) is 23.1. The van der Waals surface area contributed by atoms with Gasteiger partial charge in [0.15, 0.2) is 6.29 Å². The molecule has 0 fully saturated rings. The smallest absolute Gasteiger partial charge is 0.335 e. The topological polar surface area (TPSA) is 199 Å². The third-order valence-corrected chi connectivity index (χ3v) is 3.63. The van der Waals surface area contributed by atoms with E-state index in [1.165, 1.54) is 0 Å². The summed E-state index contributed by atoms with van der Waals surface area (Å²) >= 11 is 0. The van der Waals surface area contributed by atoms with E-state index in [2.05, 4.69) is 0 Å². The predicted molar refractivity (Wildman–Crippen MR) is 105 cm³/mol. The van der Waals surface area contributed by atoms with Crippen LogP contribution >= 0.6 is 0 Å². The standard InChI is InChI=1S/C7H8O2.C7H6O2.C6H14O6/c2*8-7(9)6-4-2-1-3-5-6;7-1-3(9)5(11)6(12)4(10)2-8/h1-5,7-9H;1-5H,(H,8,9);3-12H,1-2H2. The number of rotatable bonds is 7. The van der Waals surface area contributed by atoms with Gasteiger partial charge in [-0.05, 0) is 12.1 Å². The second-order valence-corrected chi connectivity index (χ2v) is 5.94. The van der Waals surface area contributed by atoms with Crippen molar-refractivity contribution in [1.29, 1.82) is 0 Å². The van der Waals surface area contributed by atoms with Gasteiger partial charge in [0.2, 0.25) is 0 Å². The Kier molecular flexibility index (Phi) is 14.2. The van der Waals surface area contributed by atoms with Crippen LogP contribution in [0.1, 0.15) is 22.2 Å². The lowest BCUT2D eigenvalue weighted by Gasteiger charge is -2.24. The summed E-state index contributed by atoms with van der Waals surface area (Å²) < 4.78 is 0. The quantitative estimate of drug-likeness (QED) is 0.233. The first-order chi connectivity index (χ1) is 14.1. The van der Waals surface area contributed by atoms with E-state index in [1.54, 1.807) is 54.6 Å². The van der Waals surface area contributed by atoms with Crippen molar-refractivity contribution in [1.82, 2.24) is 0 Å². The normalized spacial score (nSPS) is 14.3. The molecule has 4 unspecified atom stereocenters. The summed E-state index contributed by atoms with van der Waals surface area (Å²) in [7, 11) is 0. The van der Waals surface area contributed by atoms with E-state index in [9.17, 15) is 4.79 Å². The van der Waals surface area contributed by atoms with E-state index >= 15 is 0 Å². The summed E-state index contributed by atoms with van der Waals surface area (Å²) in [6.07, 6.45) is -7.73. The van der Waals surface area contributed by atoms with Crippen LogP contribution in [0.25, 0.3) is 0 Å². The number of carbonyl (C=O) groups is 1. The van der Waals surface area contributed by atoms with Gasteiger partial charge in [0.25, 0.3) is 0 Å². The van der Waals surface area contributed by atoms with Gasteiger partial charge in [0, 0.05) is 5.56 Å². The minimum Gasteiger partial charge on any atom is -0.478 e. The van der Waals surface area contributed by atoms with Crippen molar-refractivity contribution in [2.45, 2.75) is 30.7 Å². The number of aliphatic hydroxyl groups excluding tert-OH is 7. The molecule has 2 rings (SSSR count). The minimum absolute atomic E-state index is 0.331. The molecule has 4 atom stereocenters. The maximum Gasteiger partial charge on any atom is 0.335 e. The van der Waals surface area contributed by atoms with Gasteiger partial charge in [-0.1, -0.05) is 48.5 Å². The molecule has 168 valence electrons.